The van der Waals surface area contributed by atoms with E-state index in [1.165, 1.54) is 0 Å². The largest absolute Gasteiger partial charge is 0.354 e. The van der Waals surface area contributed by atoms with Gasteiger partial charge in [-0.25, -0.2) is 19.3 Å². The number of carbonyl (C=O) groups is 1. The second kappa shape index (κ2) is 7.37. The molecule has 0 radical (unpaired) electrons. The van der Waals surface area contributed by atoms with Crippen molar-refractivity contribution in [3.63, 3.8) is 0 Å². The van der Waals surface area contributed by atoms with E-state index in [2.05, 4.69) is 25.8 Å². The summed E-state index contributed by atoms with van der Waals surface area (Å²) in [5.41, 5.74) is 0.0929. The molecule has 4 heterocycles. The van der Waals surface area contributed by atoms with E-state index >= 15 is 0 Å². The summed E-state index contributed by atoms with van der Waals surface area (Å²) >= 11 is 0. The number of rotatable bonds is 3. The van der Waals surface area contributed by atoms with E-state index in [0.29, 0.717) is 38.0 Å². The van der Waals surface area contributed by atoms with Crippen molar-refractivity contribution in [2.45, 2.75) is 49.6 Å². The van der Waals surface area contributed by atoms with E-state index < -0.39 is 5.67 Å². The Kier molecular flexibility index (Phi) is 4.54. The monoisotopic (exact) mass is 447 g/mol. The molecule has 0 atom stereocenters. The van der Waals surface area contributed by atoms with Crippen LogP contribution in [-0.4, -0.2) is 64.2 Å². The van der Waals surface area contributed by atoms with Gasteiger partial charge in [-0.05, 0) is 44.2 Å². The van der Waals surface area contributed by atoms with Crippen LogP contribution in [0.15, 0.2) is 24.7 Å². The molecule has 0 bridgehead atoms. The number of carbonyl (C=O) groups excluding carboxylic acids is 1. The summed E-state index contributed by atoms with van der Waals surface area (Å²) in [6.45, 7) is 3.26. The number of anilines is 3. The van der Waals surface area contributed by atoms with Crippen LogP contribution in [0.25, 0.3) is 0 Å². The van der Waals surface area contributed by atoms with Gasteiger partial charge in [-0.3, -0.25) is 4.79 Å². The number of pyridine rings is 1. The minimum Gasteiger partial charge on any atom is -0.354 e. The molecule has 8 nitrogen and oxygen atoms in total. The topological polar surface area (TPSA) is 89.3 Å². The average molecular weight is 448 g/mol. The van der Waals surface area contributed by atoms with Gasteiger partial charge in [-0.15, -0.1) is 0 Å². The molecule has 6 rings (SSSR count). The first-order valence-electron chi connectivity index (χ1n) is 11.8. The zero-order valence-electron chi connectivity index (χ0n) is 18.5. The minimum absolute atomic E-state index is 0.0188. The third kappa shape index (κ3) is 3.23. The smallest absolute Gasteiger partial charge is 0.260 e. The number of fused-ring (bicyclic) bond motifs is 2. The maximum atomic E-state index is 14.4. The Hall–Kier alpha value is -3.28. The van der Waals surface area contributed by atoms with Crippen molar-refractivity contribution >= 4 is 23.4 Å². The Balaban J connectivity index is 1.33. The van der Waals surface area contributed by atoms with Gasteiger partial charge in [0.25, 0.3) is 5.91 Å². The van der Waals surface area contributed by atoms with Crippen LogP contribution in [0.3, 0.4) is 0 Å². The number of hydrogen-bond acceptors (Lipinski definition) is 7. The summed E-state index contributed by atoms with van der Waals surface area (Å²) in [5.74, 6) is 2.17. The summed E-state index contributed by atoms with van der Waals surface area (Å²) in [7, 11) is 0. The van der Waals surface area contributed by atoms with Gasteiger partial charge in [0.05, 0.1) is 11.6 Å². The van der Waals surface area contributed by atoms with Gasteiger partial charge in [-0.2, -0.15) is 5.26 Å². The number of aromatic nitrogens is 3. The lowest BCUT2D eigenvalue weighted by molar-refractivity contribution is -0.137. The van der Waals surface area contributed by atoms with Crippen LogP contribution >= 0.6 is 0 Å². The molecule has 9 heteroatoms. The SMILES string of the molecule is N#Cc1ccnc(N2CC3(CCC3)c3c(N4CCCN(C(=O)C5(F)CC5)CC4)ncnc32)c1. The van der Waals surface area contributed by atoms with Crippen molar-refractivity contribution in [2.75, 3.05) is 42.5 Å². The van der Waals surface area contributed by atoms with E-state index in [1.807, 2.05) is 6.07 Å². The second-order valence-corrected chi connectivity index (χ2v) is 9.73. The fourth-order valence-electron chi connectivity index (χ4n) is 5.52. The van der Waals surface area contributed by atoms with Crippen LogP contribution in [0.4, 0.5) is 21.8 Å². The lowest BCUT2D eigenvalue weighted by Crippen LogP contribution is -2.42. The maximum Gasteiger partial charge on any atom is 0.260 e. The molecule has 33 heavy (non-hydrogen) atoms. The van der Waals surface area contributed by atoms with Gasteiger partial charge < -0.3 is 14.7 Å². The Morgan fingerprint density at radius 2 is 1.85 bits per heavy atom. The molecule has 4 aliphatic rings. The highest BCUT2D eigenvalue weighted by Crippen LogP contribution is 2.56. The zero-order valence-corrected chi connectivity index (χ0v) is 18.5. The van der Waals surface area contributed by atoms with Crippen LogP contribution < -0.4 is 9.80 Å². The van der Waals surface area contributed by atoms with Crippen molar-refractivity contribution < 1.29 is 9.18 Å². The van der Waals surface area contributed by atoms with E-state index in [0.717, 1.165) is 61.8 Å². The molecule has 2 aromatic heterocycles. The zero-order chi connectivity index (χ0) is 22.6. The van der Waals surface area contributed by atoms with E-state index in [1.54, 1.807) is 23.5 Å². The molecule has 1 spiro atoms. The van der Waals surface area contributed by atoms with Crippen molar-refractivity contribution in [2.24, 2.45) is 0 Å². The fraction of sp³-hybridized carbons (Fsp3) is 0.542. The van der Waals surface area contributed by atoms with Crippen molar-refractivity contribution in [1.82, 2.24) is 19.9 Å². The Labute approximate surface area is 192 Å². The second-order valence-electron chi connectivity index (χ2n) is 9.73. The molecular weight excluding hydrogens is 421 g/mol. The Morgan fingerprint density at radius 3 is 2.58 bits per heavy atom. The summed E-state index contributed by atoms with van der Waals surface area (Å²) in [6.07, 6.45) is 8.04. The maximum absolute atomic E-state index is 14.4. The molecule has 0 aromatic carbocycles. The number of hydrogen-bond donors (Lipinski definition) is 0. The Bertz CT molecular complexity index is 1150. The van der Waals surface area contributed by atoms with Crippen molar-refractivity contribution in [3.05, 3.63) is 35.8 Å². The molecule has 2 aliphatic heterocycles. The normalized spacial score (nSPS) is 22.4. The summed E-state index contributed by atoms with van der Waals surface area (Å²) in [4.78, 5) is 32.5. The molecule has 3 fully saturated rings. The minimum atomic E-state index is -1.62. The van der Waals surface area contributed by atoms with E-state index in [9.17, 15) is 14.4 Å². The quantitative estimate of drug-likeness (QED) is 0.715. The van der Waals surface area contributed by atoms with Gasteiger partial charge in [0, 0.05) is 49.9 Å². The highest BCUT2D eigenvalue weighted by molar-refractivity contribution is 5.88. The van der Waals surface area contributed by atoms with Crippen LogP contribution in [0.5, 0.6) is 0 Å². The highest BCUT2D eigenvalue weighted by Gasteiger charge is 2.53. The van der Waals surface area contributed by atoms with Crippen LogP contribution in [-0.2, 0) is 10.2 Å². The van der Waals surface area contributed by atoms with Crippen LogP contribution in [0.2, 0.25) is 0 Å². The molecule has 1 amide bonds. The molecule has 0 N–H and O–H groups in total. The molecular formula is C24H26FN7O. The number of nitriles is 1. The third-order valence-corrected chi connectivity index (χ3v) is 7.67. The van der Waals surface area contributed by atoms with Crippen molar-refractivity contribution in [1.29, 1.82) is 5.26 Å². The molecule has 2 aromatic rings. The molecule has 170 valence electrons. The molecule has 0 unspecified atom stereocenters. The number of nitrogens with zero attached hydrogens (tertiary/aromatic N) is 7. The van der Waals surface area contributed by atoms with Gasteiger partial charge in [0.15, 0.2) is 5.67 Å². The molecule has 2 aliphatic carbocycles. The van der Waals surface area contributed by atoms with Gasteiger partial charge >= 0.3 is 0 Å². The fourth-order valence-corrected chi connectivity index (χ4v) is 5.52. The summed E-state index contributed by atoms with van der Waals surface area (Å²) in [6, 6.07) is 5.71. The lowest BCUT2D eigenvalue weighted by atomic mass is 9.66. The summed E-state index contributed by atoms with van der Waals surface area (Å²) in [5, 5.41) is 9.34. The predicted molar refractivity (Wildman–Crippen MR) is 120 cm³/mol. The highest BCUT2D eigenvalue weighted by atomic mass is 19.1. The van der Waals surface area contributed by atoms with Crippen molar-refractivity contribution in [3.8, 4) is 6.07 Å². The van der Waals surface area contributed by atoms with E-state index in [4.69, 9.17) is 4.98 Å². The first-order valence-corrected chi connectivity index (χ1v) is 11.8. The predicted octanol–water partition coefficient (Wildman–Crippen LogP) is 2.86. The number of halogens is 1. The number of amides is 1. The standard InChI is InChI=1S/C24H26FN7O/c25-24(6-7-24)22(33)31-10-2-9-30(11-12-31)20-19-21(29-16-28-20)32(15-23(19)4-1-5-23)18-13-17(14-26)3-8-27-18/h3,8,13,16H,1-2,4-7,9-12,15H2. The van der Waals surface area contributed by atoms with Crippen LogP contribution in [0, 0.1) is 11.3 Å². The van der Waals surface area contributed by atoms with Gasteiger partial charge in [0.2, 0.25) is 0 Å². The third-order valence-electron chi connectivity index (χ3n) is 7.67. The molecule has 1 saturated heterocycles. The Morgan fingerprint density at radius 1 is 1.03 bits per heavy atom. The summed E-state index contributed by atoms with van der Waals surface area (Å²) < 4.78 is 14.4. The first-order chi connectivity index (χ1) is 16.0. The first kappa shape index (κ1) is 20.3. The van der Waals surface area contributed by atoms with Crippen LogP contribution in [0.1, 0.15) is 49.7 Å². The van der Waals surface area contributed by atoms with Gasteiger partial charge in [-0.1, -0.05) is 6.42 Å². The lowest BCUT2D eigenvalue weighted by Gasteiger charge is -2.40. The van der Waals surface area contributed by atoms with E-state index in [-0.39, 0.29) is 11.3 Å². The molecule has 2 saturated carbocycles. The number of alkyl halides is 1. The van der Waals surface area contributed by atoms with Gasteiger partial charge in [0.1, 0.15) is 23.8 Å². The average Bonchev–Trinajstić information content (AvgIpc) is 3.53.